The van der Waals surface area contributed by atoms with Crippen LogP contribution in [0.3, 0.4) is 0 Å². The van der Waals surface area contributed by atoms with Crippen LogP contribution in [0.15, 0.2) is 49.3 Å². The summed E-state index contributed by atoms with van der Waals surface area (Å²) in [7, 11) is 0. The molecule has 1 amide bonds. The second-order valence-corrected chi connectivity index (χ2v) is 6.81. The summed E-state index contributed by atoms with van der Waals surface area (Å²) in [6.07, 6.45) is 3.63. The first-order valence-corrected chi connectivity index (χ1v) is 9.52. The Morgan fingerprint density at radius 1 is 1.43 bits per heavy atom. The van der Waals surface area contributed by atoms with Gasteiger partial charge in [0, 0.05) is 19.1 Å². The Morgan fingerprint density at radius 3 is 3.13 bits per heavy atom. The average molecular weight is 405 g/mol. The van der Waals surface area contributed by atoms with Crippen LogP contribution in [0.25, 0.3) is 11.0 Å². The maximum atomic E-state index is 13.6. The number of ether oxygens (including phenoxy) is 1. The van der Waals surface area contributed by atoms with Gasteiger partial charge in [0.05, 0.1) is 11.1 Å². The Labute approximate surface area is 173 Å². The third-order valence-corrected chi connectivity index (χ3v) is 4.80. The van der Waals surface area contributed by atoms with Gasteiger partial charge in [-0.05, 0) is 36.6 Å². The molecule has 4 rings (SSSR count). The smallest absolute Gasteiger partial charge is 0.246 e. The van der Waals surface area contributed by atoms with Crippen LogP contribution in [0, 0.1) is 17.7 Å². The first-order valence-electron chi connectivity index (χ1n) is 9.52. The molecule has 30 heavy (non-hydrogen) atoms. The van der Waals surface area contributed by atoms with Crippen LogP contribution in [0.2, 0.25) is 0 Å². The zero-order chi connectivity index (χ0) is 20.9. The van der Waals surface area contributed by atoms with E-state index < -0.39 is 5.82 Å². The summed E-state index contributed by atoms with van der Waals surface area (Å²) >= 11 is 0. The van der Waals surface area contributed by atoms with E-state index in [1.54, 1.807) is 23.1 Å². The fourth-order valence-electron chi connectivity index (χ4n) is 3.33. The van der Waals surface area contributed by atoms with E-state index in [4.69, 9.17) is 4.74 Å². The fourth-order valence-corrected chi connectivity index (χ4v) is 3.33. The van der Waals surface area contributed by atoms with E-state index in [9.17, 15) is 9.18 Å². The molecule has 7 nitrogen and oxygen atoms in total. The number of anilines is 1. The van der Waals surface area contributed by atoms with Crippen molar-refractivity contribution < 1.29 is 13.9 Å². The monoisotopic (exact) mass is 405 g/mol. The molecule has 1 aromatic carbocycles. The third-order valence-electron chi connectivity index (χ3n) is 4.80. The van der Waals surface area contributed by atoms with Gasteiger partial charge in [-0.1, -0.05) is 24.6 Å². The van der Waals surface area contributed by atoms with Crippen molar-refractivity contribution in [2.75, 3.05) is 25.0 Å². The number of carbonyl (C=O) groups is 1. The highest BCUT2D eigenvalue weighted by Crippen LogP contribution is 2.23. The second-order valence-electron chi connectivity index (χ2n) is 6.81. The van der Waals surface area contributed by atoms with Gasteiger partial charge >= 0.3 is 0 Å². The van der Waals surface area contributed by atoms with Gasteiger partial charge in [-0.15, -0.1) is 0 Å². The maximum Gasteiger partial charge on any atom is 0.246 e. The molecule has 1 saturated heterocycles. The van der Waals surface area contributed by atoms with Crippen molar-refractivity contribution in [3.63, 3.8) is 0 Å². The third kappa shape index (κ3) is 4.25. The molecule has 1 fully saturated rings. The van der Waals surface area contributed by atoms with Crippen LogP contribution in [0.1, 0.15) is 12.1 Å². The Morgan fingerprint density at radius 2 is 2.30 bits per heavy atom. The standard InChI is InChI=1S/C22H20FN5O2/c1-2-20(29)28-10-9-16(13-28)27-22-17-12-15(26-21(17)24-14-25-22)6-5-11-30-19-8-4-3-7-18(19)23/h2-4,7-8,12,14,16H,1,9-11,13H2,(H2,24,25,26,27). The Kier molecular flexibility index (Phi) is 5.61. The van der Waals surface area contributed by atoms with Crippen molar-refractivity contribution in [1.82, 2.24) is 19.9 Å². The molecular weight excluding hydrogens is 385 g/mol. The molecule has 0 bridgehead atoms. The summed E-state index contributed by atoms with van der Waals surface area (Å²) in [6.45, 7) is 4.87. The van der Waals surface area contributed by atoms with E-state index in [0.717, 1.165) is 11.8 Å². The van der Waals surface area contributed by atoms with E-state index in [1.165, 1.54) is 18.5 Å². The van der Waals surface area contributed by atoms with Gasteiger partial charge in [0.2, 0.25) is 5.91 Å². The van der Waals surface area contributed by atoms with Gasteiger partial charge in [-0.25, -0.2) is 14.4 Å². The molecule has 1 aliphatic heterocycles. The van der Waals surface area contributed by atoms with Crippen molar-refractivity contribution in [2.45, 2.75) is 12.5 Å². The van der Waals surface area contributed by atoms with E-state index >= 15 is 0 Å². The lowest BCUT2D eigenvalue weighted by atomic mass is 10.2. The highest BCUT2D eigenvalue weighted by Gasteiger charge is 2.25. The van der Waals surface area contributed by atoms with E-state index in [1.807, 2.05) is 6.07 Å². The number of nitrogens with zero attached hydrogens (tertiary/aromatic N) is 3. The summed E-state index contributed by atoms with van der Waals surface area (Å²) in [5.41, 5.74) is 1.31. The summed E-state index contributed by atoms with van der Waals surface area (Å²) in [5.74, 6) is 6.19. The minimum atomic E-state index is -0.420. The van der Waals surface area contributed by atoms with Gasteiger partial charge in [0.1, 0.15) is 24.4 Å². The number of H-pyrrole nitrogens is 1. The minimum Gasteiger partial charge on any atom is -0.478 e. The van der Waals surface area contributed by atoms with Crippen molar-refractivity contribution in [1.29, 1.82) is 0 Å². The van der Waals surface area contributed by atoms with Crippen molar-refractivity contribution in [3.8, 4) is 17.6 Å². The van der Waals surface area contributed by atoms with Crippen LogP contribution in [0.5, 0.6) is 5.75 Å². The number of fused-ring (bicyclic) bond motifs is 1. The number of para-hydroxylation sites is 1. The van der Waals surface area contributed by atoms with E-state index in [-0.39, 0.29) is 24.3 Å². The van der Waals surface area contributed by atoms with Crippen LogP contribution < -0.4 is 10.1 Å². The number of rotatable bonds is 5. The highest BCUT2D eigenvalue weighted by molar-refractivity contribution is 5.89. The van der Waals surface area contributed by atoms with E-state index in [2.05, 4.69) is 38.7 Å². The molecule has 0 saturated carbocycles. The van der Waals surface area contributed by atoms with Gasteiger partial charge in [0.15, 0.2) is 11.6 Å². The molecule has 1 atom stereocenters. The lowest BCUT2D eigenvalue weighted by Crippen LogP contribution is -2.30. The first-order chi connectivity index (χ1) is 14.6. The first kappa shape index (κ1) is 19.5. The van der Waals surface area contributed by atoms with Crippen molar-refractivity contribution in [3.05, 3.63) is 60.8 Å². The van der Waals surface area contributed by atoms with Gasteiger partial charge < -0.3 is 19.9 Å². The Hall–Kier alpha value is -3.86. The number of halogens is 1. The number of hydrogen-bond donors (Lipinski definition) is 2. The zero-order valence-electron chi connectivity index (χ0n) is 16.2. The zero-order valence-corrected chi connectivity index (χ0v) is 16.2. The lowest BCUT2D eigenvalue weighted by Gasteiger charge is -2.15. The minimum absolute atomic E-state index is 0.0579. The number of benzene rings is 1. The number of amides is 1. The number of carbonyl (C=O) groups excluding carboxylic acids is 1. The van der Waals surface area contributed by atoms with Crippen molar-refractivity contribution >= 4 is 22.8 Å². The molecule has 3 heterocycles. The largest absolute Gasteiger partial charge is 0.478 e. The molecule has 2 aromatic heterocycles. The summed E-state index contributed by atoms with van der Waals surface area (Å²) in [4.78, 5) is 25.2. The predicted octanol–water partition coefficient (Wildman–Crippen LogP) is 2.73. The molecule has 1 unspecified atom stereocenters. The summed E-state index contributed by atoms with van der Waals surface area (Å²) in [6, 6.07) is 8.16. The SMILES string of the molecule is C=CC(=O)N1CCC(Nc2ncnc3[nH]c(C#CCOc4ccccc4F)cc23)C1. The molecule has 0 radical (unpaired) electrons. The van der Waals surface area contributed by atoms with Crippen LogP contribution in [-0.4, -0.2) is 51.5 Å². The predicted molar refractivity (Wildman–Crippen MR) is 111 cm³/mol. The Bertz CT molecular complexity index is 1150. The molecular formula is C22H20FN5O2. The number of hydrogen-bond acceptors (Lipinski definition) is 5. The molecule has 0 aliphatic carbocycles. The molecule has 152 valence electrons. The summed E-state index contributed by atoms with van der Waals surface area (Å²) in [5, 5.41) is 4.20. The maximum absolute atomic E-state index is 13.6. The number of likely N-dealkylation sites (tertiary alicyclic amines) is 1. The number of aromatic nitrogens is 3. The average Bonchev–Trinajstić information content (AvgIpc) is 3.39. The molecule has 2 N–H and O–H groups in total. The summed E-state index contributed by atoms with van der Waals surface area (Å²) < 4.78 is 18.9. The Balaban J connectivity index is 1.43. The fraction of sp³-hybridized carbons (Fsp3) is 0.227. The van der Waals surface area contributed by atoms with Gasteiger partial charge in [-0.2, -0.15) is 0 Å². The normalized spacial score (nSPS) is 15.5. The van der Waals surface area contributed by atoms with Gasteiger partial charge in [0.25, 0.3) is 0 Å². The second kappa shape index (κ2) is 8.66. The molecule has 3 aromatic rings. The van der Waals surface area contributed by atoms with E-state index in [0.29, 0.717) is 30.2 Å². The molecule has 0 spiro atoms. The number of nitrogens with one attached hydrogen (secondary N) is 2. The highest BCUT2D eigenvalue weighted by atomic mass is 19.1. The topological polar surface area (TPSA) is 83.1 Å². The van der Waals surface area contributed by atoms with Crippen LogP contribution >= 0.6 is 0 Å². The van der Waals surface area contributed by atoms with Crippen LogP contribution in [-0.2, 0) is 4.79 Å². The van der Waals surface area contributed by atoms with Crippen molar-refractivity contribution in [2.24, 2.45) is 0 Å². The van der Waals surface area contributed by atoms with Crippen LogP contribution in [0.4, 0.5) is 10.2 Å². The molecule has 8 heteroatoms. The lowest BCUT2D eigenvalue weighted by molar-refractivity contribution is -0.125. The van der Waals surface area contributed by atoms with Gasteiger partial charge in [-0.3, -0.25) is 4.79 Å². The quantitative estimate of drug-likeness (QED) is 0.504. The molecule has 1 aliphatic rings. The number of aromatic amines is 1.